The van der Waals surface area contributed by atoms with E-state index >= 15 is 0 Å². The zero-order valence-electron chi connectivity index (χ0n) is 12.7. The number of hydrogen-bond acceptors (Lipinski definition) is 5. The lowest BCUT2D eigenvalue weighted by Gasteiger charge is -2.19. The van der Waals surface area contributed by atoms with Crippen LogP contribution in [0.2, 0.25) is 0 Å². The molecule has 7 heteroatoms. The lowest BCUT2D eigenvalue weighted by atomic mass is 10.2. The third-order valence-corrected chi connectivity index (χ3v) is 2.94. The van der Waals surface area contributed by atoms with Gasteiger partial charge in [0.15, 0.2) is 5.82 Å². The number of aryl methyl sites for hydroxylation is 2. The van der Waals surface area contributed by atoms with E-state index in [9.17, 15) is 9.59 Å². The molecular formula is C14H23N3O4. The minimum Gasteiger partial charge on any atom is -0.480 e. The van der Waals surface area contributed by atoms with E-state index in [2.05, 4.69) is 10.1 Å². The summed E-state index contributed by atoms with van der Waals surface area (Å²) in [5.74, 6) is 0.0919. The van der Waals surface area contributed by atoms with Gasteiger partial charge >= 0.3 is 5.97 Å². The molecule has 0 fully saturated rings. The molecule has 0 radical (unpaired) electrons. The van der Waals surface area contributed by atoms with Crippen molar-refractivity contribution in [2.75, 3.05) is 13.1 Å². The summed E-state index contributed by atoms with van der Waals surface area (Å²) in [6.07, 6.45) is 3.88. The Kier molecular flexibility index (Phi) is 7.42. The smallest absolute Gasteiger partial charge is 0.323 e. The molecule has 118 valence electrons. The van der Waals surface area contributed by atoms with Gasteiger partial charge in [0.2, 0.25) is 11.8 Å². The van der Waals surface area contributed by atoms with E-state index in [4.69, 9.17) is 9.63 Å². The Bertz CT molecular complexity index is 459. The first-order valence-electron chi connectivity index (χ1n) is 7.37. The summed E-state index contributed by atoms with van der Waals surface area (Å²) < 4.78 is 5.09. The van der Waals surface area contributed by atoms with Crippen LogP contribution in [0.5, 0.6) is 0 Å². The van der Waals surface area contributed by atoms with Gasteiger partial charge in [-0.05, 0) is 19.3 Å². The molecule has 1 N–H and O–H groups in total. The van der Waals surface area contributed by atoms with Crippen molar-refractivity contribution in [1.82, 2.24) is 15.0 Å². The van der Waals surface area contributed by atoms with Gasteiger partial charge in [0.1, 0.15) is 6.54 Å². The van der Waals surface area contributed by atoms with Crippen LogP contribution >= 0.6 is 0 Å². The van der Waals surface area contributed by atoms with Gasteiger partial charge in [0.05, 0.1) is 0 Å². The van der Waals surface area contributed by atoms with Crippen LogP contribution in [0.1, 0.15) is 51.2 Å². The standard InChI is InChI=1S/C14H23N3O4/c1-3-6-11-15-12(21-16-11)7-5-8-13(18)17(9-4-2)10-14(19)20/h3-10H2,1-2H3,(H,19,20). The second-order valence-corrected chi connectivity index (χ2v) is 4.92. The van der Waals surface area contributed by atoms with Crippen LogP contribution in [-0.4, -0.2) is 45.1 Å². The molecule has 0 aliphatic carbocycles. The maximum absolute atomic E-state index is 12.0. The normalized spacial score (nSPS) is 10.6. The van der Waals surface area contributed by atoms with Crippen LogP contribution in [0.15, 0.2) is 4.52 Å². The van der Waals surface area contributed by atoms with Crippen molar-refractivity contribution in [2.45, 2.75) is 52.4 Å². The maximum Gasteiger partial charge on any atom is 0.323 e. The first-order chi connectivity index (χ1) is 10.1. The minimum absolute atomic E-state index is 0.146. The second-order valence-electron chi connectivity index (χ2n) is 4.92. The predicted molar refractivity (Wildman–Crippen MR) is 75.7 cm³/mol. The maximum atomic E-state index is 12.0. The molecule has 1 aromatic rings. The summed E-state index contributed by atoms with van der Waals surface area (Å²) in [5, 5.41) is 12.6. The van der Waals surface area contributed by atoms with Gasteiger partial charge < -0.3 is 14.5 Å². The molecule has 0 atom stereocenters. The molecule has 0 bridgehead atoms. The van der Waals surface area contributed by atoms with Crippen LogP contribution in [0.3, 0.4) is 0 Å². The Labute approximate surface area is 124 Å². The fourth-order valence-corrected chi connectivity index (χ4v) is 1.99. The lowest BCUT2D eigenvalue weighted by molar-refractivity contribution is -0.144. The van der Waals surface area contributed by atoms with E-state index in [1.54, 1.807) is 0 Å². The zero-order valence-corrected chi connectivity index (χ0v) is 12.7. The fraction of sp³-hybridized carbons (Fsp3) is 0.714. The predicted octanol–water partition coefficient (Wildman–Crippen LogP) is 1.67. The largest absolute Gasteiger partial charge is 0.480 e. The Morgan fingerprint density at radius 1 is 1.24 bits per heavy atom. The van der Waals surface area contributed by atoms with Crippen molar-refractivity contribution >= 4 is 11.9 Å². The minimum atomic E-state index is -0.988. The third kappa shape index (κ3) is 6.37. The number of carbonyl (C=O) groups excluding carboxylic acids is 1. The van der Waals surface area contributed by atoms with Gasteiger partial charge in [0, 0.05) is 25.8 Å². The highest BCUT2D eigenvalue weighted by Crippen LogP contribution is 2.07. The number of carboxylic acids is 1. The Hall–Kier alpha value is -1.92. The van der Waals surface area contributed by atoms with E-state index in [0.717, 1.165) is 19.3 Å². The number of rotatable bonds is 10. The van der Waals surface area contributed by atoms with Crippen LogP contribution in [-0.2, 0) is 22.4 Å². The fourth-order valence-electron chi connectivity index (χ4n) is 1.99. The number of carboxylic acid groups (broad SMARTS) is 1. The molecule has 0 spiro atoms. The van der Waals surface area contributed by atoms with Gasteiger partial charge in [-0.15, -0.1) is 0 Å². The molecule has 1 aromatic heterocycles. The number of hydrogen-bond donors (Lipinski definition) is 1. The van der Waals surface area contributed by atoms with Crippen LogP contribution in [0, 0.1) is 0 Å². The molecule has 0 saturated heterocycles. The molecule has 1 rings (SSSR count). The highest BCUT2D eigenvalue weighted by Gasteiger charge is 2.16. The number of aliphatic carboxylic acids is 1. The van der Waals surface area contributed by atoms with Crippen molar-refractivity contribution in [1.29, 1.82) is 0 Å². The first kappa shape index (κ1) is 17.1. The summed E-state index contributed by atoms with van der Waals surface area (Å²) in [4.78, 5) is 28.3. The summed E-state index contributed by atoms with van der Waals surface area (Å²) in [6.45, 7) is 4.18. The average molecular weight is 297 g/mol. The van der Waals surface area contributed by atoms with Crippen molar-refractivity contribution in [2.24, 2.45) is 0 Å². The van der Waals surface area contributed by atoms with Crippen molar-refractivity contribution in [3.05, 3.63) is 11.7 Å². The molecule has 0 unspecified atom stereocenters. The topological polar surface area (TPSA) is 96.5 Å². The van der Waals surface area contributed by atoms with Gasteiger partial charge in [-0.2, -0.15) is 4.98 Å². The Balaban J connectivity index is 2.37. The van der Waals surface area contributed by atoms with Crippen LogP contribution in [0.4, 0.5) is 0 Å². The lowest BCUT2D eigenvalue weighted by Crippen LogP contribution is -2.36. The number of amides is 1. The monoisotopic (exact) mass is 297 g/mol. The molecule has 21 heavy (non-hydrogen) atoms. The molecule has 0 saturated carbocycles. The number of carbonyl (C=O) groups is 2. The SMILES string of the molecule is CCCc1noc(CCCC(=O)N(CCC)CC(=O)O)n1. The van der Waals surface area contributed by atoms with E-state index in [0.29, 0.717) is 37.5 Å². The Morgan fingerprint density at radius 3 is 2.62 bits per heavy atom. The van der Waals surface area contributed by atoms with Gasteiger partial charge in [-0.25, -0.2) is 0 Å². The van der Waals surface area contributed by atoms with E-state index < -0.39 is 5.97 Å². The zero-order chi connectivity index (χ0) is 15.7. The van der Waals surface area contributed by atoms with Gasteiger partial charge in [0.25, 0.3) is 0 Å². The Morgan fingerprint density at radius 2 is 2.00 bits per heavy atom. The first-order valence-corrected chi connectivity index (χ1v) is 7.37. The summed E-state index contributed by atoms with van der Waals surface area (Å²) in [5.41, 5.74) is 0. The molecule has 0 aliphatic heterocycles. The molecule has 0 aliphatic rings. The van der Waals surface area contributed by atoms with E-state index in [-0.39, 0.29) is 12.5 Å². The molecule has 0 aromatic carbocycles. The van der Waals surface area contributed by atoms with E-state index in [1.807, 2.05) is 13.8 Å². The molecule has 7 nitrogen and oxygen atoms in total. The highest BCUT2D eigenvalue weighted by atomic mass is 16.5. The molecular weight excluding hydrogens is 274 g/mol. The van der Waals surface area contributed by atoms with Gasteiger partial charge in [-0.3, -0.25) is 9.59 Å². The van der Waals surface area contributed by atoms with E-state index in [1.165, 1.54) is 4.90 Å². The number of nitrogens with zero attached hydrogens (tertiary/aromatic N) is 3. The summed E-state index contributed by atoms with van der Waals surface area (Å²) in [6, 6.07) is 0. The second kappa shape index (κ2) is 9.10. The van der Waals surface area contributed by atoms with Crippen molar-refractivity contribution < 1.29 is 19.2 Å². The van der Waals surface area contributed by atoms with Crippen LogP contribution in [0.25, 0.3) is 0 Å². The average Bonchev–Trinajstić information content (AvgIpc) is 2.86. The van der Waals surface area contributed by atoms with Crippen molar-refractivity contribution in [3.63, 3.8) is 0 Å². The summed E-state index contributed by atoms with van der Waals surface area (Å²) >= 11 is 0. The number of aromatic nitrogens is 2. The molecule has 1 amide bonds. The van der Waals surface area contributed by atoms with Crippen LogP contribution < -0.4 is 0 Å². The third-order valence-electron chi connectivity index (χ3n) is 2.94. The van der Waals surface area contributed by atoms with Crippen molar-refractivity contribution in [3.8, 4) is 0 Å². The van der Waals surface area contributed by atoms with Gasteiger partial charge in [-0.1, -0.05) is 19.0 Å². The highest BCUT2D eigenvalue weighted by molar-refractivity contribution is 5.81. The molecule has 1 heterocycles. The summed E-state index contributed by atoms with van der Waals surface area (Å²) in [7, 11) is 0. The quantitative estimate of drug-likeness (QED) is 0.705.